The largest absolute Gasteiger partial charge is 0.573 e. The SMILES string of the molecule is FC1(C#Cc2ccccn2)CCN(c2cccc(OC(F)(F)F)c2)C1. The summed E-state index contributed by atoms with van der Waals surface area (Å²) in [4.78, 5) is 5.67. The standard InChI is InChI=1S/C18H14F4N2O/c19-17(8-7-14-4-1-2-10-23-14)9-11-24(13-17)15-5-3-6-16(12-15)25-18(20,21)22/h1-6,10,12H,9,11,13H2. The second kappa shape index (κ2) is 6.63. The average Bonchev–Trinajstić information content (AvgIpc) is 2.96. The highest BCUT2D eigenvalue weighted by Crippen LogP contribution is 2.32. The Balaban J connectivity index is 1.72. The number of anilines is 1. The molecule has 1 unspecified atom stereocenters. The van der Waals surface area contributed by atoms with E-state index < -0.39 is 12.0 Å². The van der Waals surface area contributed by atoms with Gasteiger partial charge in [-0.25, -0.2) is 9.37 Å². The summed E-state index contributed by atoms with van der Waals surface area (Å²) >= 11 is 0. The minimum atomic E-state index is -4.76. The molecule has 0 bridgehead atoms. The van der Waals surface area contributed by atoms with Gasteiger partial charge in [-0.15, -0.1) is 13.2 Å². The summed E-state index contributed by atoms with van der Waals surface area (Å²) in [5.41, 5.74) is -0.808. The molecule has 1 aromatic carbocycles. The predicted octanol–water partition coefficient (Wildman–Crippen LogP) is 3.95. The van der Waals surface area contributed by atoms with E-state index in [-0.39, 0.29) is 18.7 Å². The zero-order valence-electron chi connectivity index (χ0n) is 13.1. The Kier molecular flexibility index (Phi) is 4.53. The molecule has 25 heavy (non-hydrogen) atoms. The van der Waals surface area contributed by atoms with Crippen molar-refractivity contribution in [3.05, 3.63) is 54.4 Å². The van der Waals surface area contributed by atoms with Gasteiger partial charge in [-0.3, -0.25) is 0 Å². The van der Waals surface area contributed by atoms with Crippen LogP contribution < -0.4 is 9.64 Å². The van der Waals surface area contributed by atoms with Crippen LogP contribution in [-0.2, 0) is 0 Å². The fourth-order valence-corrected chi connectivity index (χ4v) is 2.59. The molecule has 2 aromatic rings. The fourth-order valence-electron chi connectivity index (χ4n) is 2.59. The minimum absolute atomic E-state index is 0.0255. The Hall–Kier alpha value is -2.75. The van der Waals surface area contributed by atoms with E-state index in [1.165, 1.54) is 18.2 Å². The summed E-state index contributed by atoms with van der Waals surface area (Å²) in [6, 6.07) is 10.7. The van der Waals surface area contributed by atoms with Crippen molar-refractivity contribution in [1.29, 1.82) is 0 Å². The molecule has 0 aliphatic carbocycles. The summed E-state index contributed by atoms with van der Waals surface area (Å²) in [5.74, 6) is 4.97. The first-order valence-corrected chi connectivity index (χ1v) is 7.57. The molecule has 1 aliphatic rings. The van der Waals surface area contributed by atoms with Crippen molar-refractivity contribution in [3.8, 4) is 17.6 Å². The zero-order valence-corrected chi connectivity index (χ0v) is 13.1. The molecule has 1 atom stereocenters. The quantitative estimate of drug-likeness (QED) is 0.606. The predicted molar refractivity (Wildman–Crippen MR) is 84.9 cm³/mol. The third kappa shape index (κ3) is 4.63. The molecule has 130 valence electrons. The van der Waals surface area contributed by atoms with Crippen molar-refractivity contribution in [2.45, 2.75) is 18.5 Å². The van der Waals surface area contributed by atoms with Gasteiger partial charge in [0.2, 0.25) is 0 Å². The van der Waals surface area contributed by atoms with Gasteiger partial charge in [0.15, 0.2) is 5.67 Å². The lowest BCUT2D eigenvalue weighted by Gasteiger charge is -2.20. The van der Waals surface area contributed by atoms with Crippen molar-refractivity contribution >= 4 is 5.69 Å². The maximum absolute atomic E-state index is 14.9. The smallest absolute Gasteiger partial charge is 0.406 e. The van der Waals surface area contributed by atoms with Crippen LogP contribution in [0.15, 0.2) is 48.7 Å². The minimum Gasteiger partial charge on any atom is -0.406 e. The second-order valence-electron chi connectivity index (χ2n) is 5.65. The molecule has 3 nitrogen and oxygen atoms in total. The first-order chi connectivity index (χ1) is 11.8. The first-order valence-electron chi connectivity index (χ1n) is 7.57. The van der Waals surface area contributed by atoms with Gasteiger partial charge in [0.05, 0.1) is 6.54 Å². The lowest BCUT2D eigenvalue weighted by atomic mass is 10.1. The number of alkyl halides is 4. The van der Waals surface area contributed by atoms with Gasteiger partial charge in [0.1, 0.15) is 11.4 Å². The Morgan fingerprint density at radius 1 is 1.16 bits per heavy atom. The van der Waals surface area contributed by atoms with Crippen LogP contribution in [0.25, 0.3) is 0 Å². The van der Waals surface area contributed by atoms with Gasteiger partial charge in [-0.1, -0.05) is 18.1 Å². The van der Waals surface area contributed by atoms with Crippen LogP contribution in [0.2, 0.25) is 0 Å². The second-order valence-corrected chi connectivity index (χ2v) is 5.65. The van der Waals surface area contributed by atoms with E-state index in [1.54, 1.807) is 35.4 Å². The number of rotatable bonds is 2. The van der Waals surface area contributed by atoms with Crippen molar-refractivity contribution < 1.29 is 22.3 Å². The molecule has 2 heterocycles. The highest BCUT2D eigenvalue weighted by molar-refractivity contribution is 5.53. The van der Waals surface area contributed by atoms with Crippen LogP contribution in [-0.4, -0.2) is 30.1 Å². The molecule has 1 aliphatic heterocycles. The number of aromatic nitrogens is 1. The number of ether oxygens (including phenoxy) is 1. The van der Waals surface area contributed by atoms with Gasteiger partial charge >= 0.3 is 6.36 Å². The van der Waals surface area contributed by atoms with Crippen LogP contribution >= 0.6 is 0 Å². The van der Waals surface area contributed by atoms with Gasteiger partial charge in [-0.05, 0) is 30.2 Å². The molecular weight excluding hydrogens is 336 g/mol. The molecule has 3 rings (SSSR count). The summed E-state index contributed by atoms with van der Waals surface area (Å²) in [5, 5.41) is 0. The third-order valence-corrected chi connectivity index (χ3v) is 3.72. The van der Waals surface area contributed by atoms with Gasteiger partial charge in [-0.2, -0.15) is 0 Å². The van der Waals surface area contributed by atoms with E-state index in [2.05, 4.69) is 21.6 Å². The highest BCUT2D eigenvalue weighted by Gasteiger charge is 2.37. The lowest BCUT2D eigenvalue weighted by molar-refractivity contribution is -0.274. The molecule has 7 heteroatoms. The molecule has 1 saturated heterocycles. The molecule has 0 amide bonds. The molecular formula is C18H14F4N2O. The highest BCUT2D eigenvalue weighted by atomic mass is 19.4. The normalized spacial score (nSPS) is 20.1. The average molecular weight is 350 g/mol. The van der Waals surface area contributed by atoms with Gasteiger partial charge in [0.25, 0.3) is 0 Å². The molecule has 0 spiro atoms. The lowest BCUT2D eigenvalue weighted by Crippen LogP contribution is -2.27. The summed E-state index contributed by atoms with van der Waals surface area (Å²) in [6.07, 6.45) is -3.03. The maximum Gasteiger partial charge on any atom is 0.573 e. The van der Waals surface area contributed by atoms with E-state index in [0.29, 0.717) is 17.9 Å². The van der Waals surface area contributed by atoms with Crippen LogP contribution in [0.5, 0.6) is 5.75 Å². The number of pyridine rings is 1. The van der Waals surface area contributed by atoms with Crippen LogP contribution in [0.4, 0.5) is 23.2 Å². The summed E-state index contributed by atoms with van der Waals surface area (Å²) in [6.45, 7) is 0.325. The molecule has 0 radical (unpaired) electrons. The number of hydrogen-bond acceptors (Lipinski definition) is 3. The third-order valence-electron chi connectivity index (χ3n) is 3.72. The van der Waals surface area contributed by atoms with Crippen LogP contribution in [0.1, 0.15) is 12.1 Å². The first kappa shape index (κ1) is 17.1. The Morgan fingerprint density at radius 3 is 2.72 bits per heavy atom. The van der Waals surface area contributed by atoms with Crippen LogP contribution in [0.3, 0.4) is 0 Å². The molecule has 0 saturated carbocycles. The Bertz CT molecular complexity index is 798. The number of halogens is 4. The van der Waals surface area contributed by atoms with Crippen molar-refractivity contribution in [1.82, 2.24) is 4.98 Å². The topological polar surface area (TPSA) is 25.4 Å². The summed E-state index contributed by atoms with van der Waals surface area (Å²) < 4.78 is 55.7. The maximum atomic E-state index is 14.9. The van der Waals surface area contributed by atoms with Crippen molar-refractivity contribution in [3.63, 3.8) is 0 Å². The molecule has 0 N–H and O–H groups in total. The number of benzene rings is 1. The van der Waals surface area contributed by atoms with E-state index in [0.717, 1.165) is 0 Å². The van der Waals surface area contributed by atoms with E-state index in [9.17, 15) is 17.6 Å². The number of nitrogens with zero attached hydrogens (tertiary/aromatic N) is 2. The fraction of sp³-hybridized carbons (Fsp3) is 0.278. The van der Waals surface area contributed by atoms with Crippen LogP contribution in [0, 0.1) is 11.8 Å². The summed E-state index contributed by atoms with van der Waals surface area (Å²) in [7, 11) is 0. The molecule has 1 fully saturated rings. The Labute approximate surface area is 142 Å². The van der Waals surface area contributed by atoms with Crippen molar-refractivity contribution in [2.75, 3.05) is 18.0 Å². The van der Waals surface area contributed by atoms with Crippen molar-refractivity contribution in [2.24, 2.45) is 0 Å². The van der Waals surface area contributed by atoms with E-state index in [1.807, 2.05) is 0 Å². The number of hydrogen-bond donors (Lipinski definition) is 0. The van der Waals surface area contributed by atoms with Gasteiger partial charge in [0, 0.05) is 30.9 Å². The zero-order chi connectivity index (χ0) is 17.9. The molecule has 1 aromatic heterocycles. The van der Waals surface area contributed by atoms with E-state index >= 15 is 0 Å². The Morgan fingerprint density at radius 2 is 2.00 bits per heavy atom. The van der Waals surface area contributed by atoms with Gasteiger partial charge < -0.3 is 9.64 Å². The van der Waals surface area contributed by atoms with E-state index in [4.69, 9.17) is 0 Å². The monoisotopic (exact) mass is 350 g/mol.